The van der Waals surface area contributed by atoms with Crippen LogP contribution in [-0.4, -0.2) is 68.9 Å². The molecule has 3 aliphatic heterocycles. The predicted molar refractivity (Wildman–Crippen MR) is 109 cm³/mol. The van der Waals surface area contributed by atoms with Crippen LogP contribution in [0.4, 0.5) is 0 Å². The third-order valence-corrected chi connectivity index (χ3v) is 6.95. The molecule has 0 N–H and O–H groups in total. The summed E-state index contributed by atoms with van der Waals surface area (Å²) in [6.45, 7) is 4.44. The summed E-state index contributed by atoms with van der Waals surface area (Å²) in [5, 5.41) is 3.81. The van der Waals surface area contributed by atoms with Crippen molar-refractivity contribution >= 4 is 11.8 Å². The fourth-order valence-corrected chi connectivity index (χ4v) is 5.73. The molecule has 0 radical (unpaired) electrons. The lowest BCUT2D eigenvalue weighted by atomic mass is 9.71. The molecule has 3 aliphatic rings. The Morgan fingerprint density at radius 3 is 2.90 bits per heavy atom. The number of amides is 2. The fraction of sp³-hybridized carbons (Fsp3) is 0.636. The number of rotatable bonds is 5. The lowest BCUT2D eigenvalue weighted by molar-refractivity contribution is -0.165. The van der Waals surface area contributed by atoms with Gasteiger partial charge in [0, 0.05) is 38.5 Å². The van der Waals surface area contributed by atoms with Crippen molar-refractivity contribution in [3.05, 3.63) is 35.9 Å². The van der Waals surface area contributed by atoms with Gasteiger partial charge in [-0.05, 0) is 44.2 Å². The number of hydrogen-bond acceptors (Lipinski definition) is 7. The molecule has 2 aromatic rings. The smallest absolute Gasteiger partial charge is 0.246 e. The molecule has 9 heteroatoms. The molecule has 0 spiro atoms. The van der Waals surface area contributed by atoms with Crippen molar-refractivity contribution in [3.8, 4) is 0 Å². The average molecular weight is 428 g/mol. The van der Waals surface area contributed by atoms with Crippen molar-refractivity contribution < 1.29 is 18.5 Å². The molecule has 2 bridgehead atoms. The van der Waals surface area contributed by atoms with Gasteiger partial charge in [-0.1, -0.05) is 5.16 Å². The Morgan fingerprint density at radius 1 is 1.32 bits per heavy atom. The number of carbonyl (C=O) groups is 2. The highest BCUT2D eigenvalue weighted by Crippen LogP contribution is 2.42. The van der Waals surface area contributed by atoms with E-state index in [2.05, 4.69) is 15.0 Å². The maximum Gasteiger partial charge on any atom is 0.246 e. The molecule has 0 aromatic carbocycles. The molecule has 166 valence electrons. The fourth-order valence-electron chi connectivity index (χ4n) is 5.73. The van der Waals surface area contributed by atoms with E-state index in [1.165, 1.54) is 0 Å². The van der Waals surface area contributed by atoms with Crippen LogP contribution in [0.1, 0.15) is 43.2 Å². The zero-order chi connectivity index (χ0) is 21.5. The van der Waals surface area contributed by atoms with Crippen molar-refractivity contribution in [2.75, 3.05) is 20.1 Å². The van der Waals surface area contributed by atoms with Crippen LogP contribution in [0.2, 0.25) is 0 Å². The molecule has 2 amide bonds. The first-order valence-electron chi connectivity index (χ1n) is 11.1. The summed E-state index contributed by atoms with van der Waals surface area (Å²) in [6.07, 6.45) is 5.07. The maximum absolute atomic E-state index is 13.6. The van der Waals surface area contributed by atoms with Crippen molar-refractivity contribution in [3.63, 3.8) is 0 Å². The van der Waals surface area contributed by atoms with Crippen molar-refractivity contribution in [1.82, 2.24) is 24.8 Å². The Hall–Kier alpha value is -2.68. The van der Waals surface area contributed by atoms with E-state index in [0.29, 0.717) is 24.1 Å². The summed E-state index contributed by atoms with van der Waals surface area (Å²) in [5.74, 6) is 2.46. The van der Waals surface area contributed by atoms with E-state index in [0.717, 1.165) is 44.7 Å². The molecule has 3 saturated heterocycles. The van der Waals surface area contributed by atoms with Gasteiger partial charge in [0.15, 0.2) is 5.82 Å². The minimum absolute atomic E-state index is 0.0422. The number of piperidine rings is 3. The highest BCUT2D eigenvalue weighted by Gasteiger charge is 2.52. The Kier molecular flexibility index (Phi) is 5.29. The van der Waals surface area contributed by atoms with Crippen LogP contribution >= 0.6 is 0 Å². The van der Waals surface area contributed by atoms with Crippen molar-refractivity contribution in [2.24, 2.45) is 11.8 Å². The predicted octanol–water partition coefficient (Wildman–Crippen LogP) is 1.83. The quantitative estimate of drug-likeness (QED) is 0.718. The highest BCUT2D eigenvalue weighted by molar-refractivity contribution is 5.89. The Balaban J connectivity index is 1.39. The Morgan fingerprint density at radius 2 is 2.16 bits per heavy atom. The summed E-state index contributed by atoms with van der Waals surface area (Å²) in [5.41, 5.74) is 0. The minimum Gasteiger partial charge on any atom is -0.468 e. The van der Waals surface area contributed by atoms with Gasteiger partial charge in [0.05, 0.1) is 19.4 Å². The molecule has 0 unspecified atom stereocenters. The van der Waals surface area contributed by atoms with Crippen LogP contribution in [0.15, 0.2) is 27.3 Å². The van der Waals surface area contributed by atoms with Gasteiger partial charge in [-0.2, -0.15) is 4.98 Å². The highest BCUT2D eigenvalue weighted by atomic mass is 16.5. The molecule has 2 aromatic heterocycles. The second-order valence-electron chi connectivity index (χ2n) is 9.16. The van der Waals surface area contributed by atoms with Gasteiger partial charge in [0.2, 0.25) is 17.7 Å². The molecule has 3 fully saturated rings. The van der Waals surface area contributed by atoms with Crippen molar-refractivity contribution in [2.45, 2.75) is 57.8 Å². The number of hydrogen-bond donors (Lipinski definition) is 0. The summed E-state index contributed by atoms with van der Waals surface area (Å²) in [7, 11) is 1.75. The lowest BCUT2D eigenvalue weighted by Gasteiger charge is -2.56. The van der Waals surface area contributed by atoms with Gasteiger partial charge in [0.1, 0.15) is 11.8 Å². The minimum atomic E-state index is -0.442. The lowest BCUT2D eigenvalue weighted by Crippen LogP contribution is -2.68. The van der Waals surface area contributed by atoms with Crippen LogP contribution in [0.5, 0.6) is 0 Å². The van der Waals surface area contributed by atoms with Crippen molar-refractivity contribution in [1.29, 1.82) is 0 Å². The largest absolute Gasteiger partial charge is 0.468 e. The summed E-state index contributed by atoms with van der Waals surface area (Å²) in [6, 6.07) is 3.58. The third kappa shape index (κ3) is 3.86. The van der Waals surface area contributed by atoms with Crippen LogP contribution in [0.25, 0.3) is 0 Å². The molecule has 0 saturated carbocycles. The first-order chi connectivity index (χ1) is 15.0. The summed E-state index contributed by atoms with van der Waals surface area (Å²) < 4.78 is 10.8. The number of furan rings is 1. The van der Waals surface area contributed by atoms with Crippen LogP contribution in [-0.2, 0) is 22.7 Å². The standard InChI is InChI=1S/C22H29N5O4/c1-14-23-19(31-24-14)13-25(2)22(29)21-16-9-15(18-6-3-7-20(28)27(18)21)10-26(11-16)12-17-5-4-8-30-17/h4-5,8,15-16,18,21H,3,6-7,9-13H2,1-2H3/t15-,16+,18-,21+/m0/s1. The molecule has 0 aliphatic carbocycles. The molecular formula is C22H29N5O4. The molecule has 9 nitrogen and oxygen atoms in total. The Bertz CT molecular complexity index is 942. The van der Waals surface area contributed by atoms with Crippen LogP contribution in [0, 0.1) is 18.8 Å². The third-order valence-electron chi connectivity index (χ3n) is 6.95. The van der Waals surface area contributed by atoms with Gasteiger partial charge >= 0.3 is 0 Å². The maximum atomic E-state index is 13.6. The number of likely N-dealkylation sites (N-methyl/N-ethyl adjacent to an activating group) is 1. The van der Waals surface area contributed by atoms with Gasteiger partial charge in [-0.15, -0.1) is 0 Å². The molecule has 31 heavy (non-hydrogen) atoms. The van der Waals surface area contributed by atoms with E-state index >= 15 is 0 Å². The number of carbonyl (C=O) groups excluding carboxylic acids is 2. The number of fused-ring (bicyclic) bond motifs is 4. The molecular weight excluding hydrogens is 398 g/mol. The summed E-state index contributed by atoms with van der Waals surface area (Å²) in [4.78, 5) is 36.8. The monoisotopic (exact) mass is 427 g/mol. The van der Waals surface area contributed by atoms with E-state index in [1.807, 2.05) is 17.0 Å². The topological polar surface area (TPSA) is 95.9 Å². The normalized spacial score (nSPS) is 28.5. The second kappa shape index (κ2) is 8.11. The molecule has 5 rings (SSSR count). The second-order valence-corrected chi connectivity index (χ2v) is 9.16. The number of aromatic nitrogens is 2. The first-order valence-corrected chi connectivity index (χ1v) is 11.1. The van der Waals surface area contributed by atoms with E-state index in [4.69, 9.17) is 8.94 Å². The number of nitrogens with zero attached hydrogens (tertiary/aromatic N) is 5. The van der Waals surface area contributed by atoms with E-state index in [9.17, 15) is 9.59 Å². The SMILES string of the molecule is Cc1noc(CN(C)C(=O)[C@H]2[C@@H]3C[C@@H](CN(Cc4ccco4)C3)[C@@H]3CCCC(=O)N32)n1. The zero-order valence-electron chi connectivity index (χ0n) is 18.1. The van der Waals surface area contributed by atoms with E-state index < -0.39 is 6.04 Å². The number of likely N-dealkylation sites (tertiary alicyclic amines) is 1. The molecule has 5 heterocycles. The van der Waals surface area contributed by atoms with Gasteiger partial charge in [-0.25, -0.2) is 0 Å². The van der Waals surface area contributed by atoms with E-state index in [1.54, 1.807) is 25.1 Å². The number of aryl methyl sites for hydroxylation is 1. The average Bonchev–Trinajstić information content (AvgIpc) is 3.40. The van der Waals surface area contributed by atoms with Crippen LogP contribution in [0.3, 0.4) is 0 Å². The summed E-state index contributed by atoms with van der Waals surface area (Å²) >= 11 is 0. The van der Waals surface area contributed by atoms with Gasteiger partial charge < -0.3 is 18.7 Å². The van der Waals surface area contributed by atoms with Gasteiger partial charge in [0.25, 0.3) is 0 Å². The van der Waals surface area contributed by atoms with E-state index in [-0.39, 0.29) is 30.3 Å². The first kappa shape index (κ1) is 20.2. The van der Waals surface area contributed by atoms with Crippen LogP contribution < -0.4 is 0 Å². The van der Waals surface area contributed by atoms with Gasteiger partial charge in [-0.3, -0.25) is 14.5 Å². The molecule has 4 atom stereocenters. The Labute approximate surface area is 181 Å². The zero-order valence-corrected chi connectivity index (χ0v) is 18.1.